The zero-order chi connectivity index (χ0) is 20.4. The van der Waals surface area contributed by atoms with Crippen LogP contribution in [0.15, 0.2) is 52.3 Å². The monoisotopic (exact) mass is 454 g/mol. The minimum Gasteiger partial charge on any atom is -0.746 e. The molecule has 0 amide bonds. The van der Waals surface area contributed by atoms with E-state index in [1.54, 1.807) is 13.2 Å². The molecule has 0 radical (unpaired) electrons. The Hall–Kier alpha value is -0.720. The van der Waals surface area contributed by atoms with Gasteiger partial charge in [0.15, 0.2) is 0 Å². The summed E-state index contributed by atoms with van der Waals surface area (Å²) < 4.78 is 29.3. The van der Waals surface area contributed by atoms with Gasteiger partial charge in [0.25, 0.3) is 0 Å². The van der Waals surface area contributed by atoms with Crippen LogP contribution in [0.4, 0.5) is 0 Å². The molecule has 3 atom stereocenters. The van der Waals surface area contributed by atoms with Crippen LogP contribution in [-0.4, -0.2) is 13.2 Å². The Labute approximate surface area is 204 Å². The molecule has 0 saturated heterocycles. The van der Waals surface area contributed by atoms with Gasteiger partial charge in [0.1, 0.15) is 11.5 Å². The summed E-state index contributed by atoms with van der Waals surface area (Å²) in [5, 5.41) is 0. The van der Waals surface area contributed by atoms with Crippen molar-refractivity contribution in [3.05, 3.63) is 53.6 Å². The number of hydrogen-bond acceptors (Lipinski definition) is 6. The van der Waals surface area contributed by atoms with Crippen molar-refractivity contribution >= 4 is 31.4 Å². The second-order valence-corrected chi connectivity index (χ2v) is 9.86. The summed E-state index contributed by atoms with van der Waals surface area (Å²) in [4.78, 5) is 14.6. The predicted molar refractivity (Wildman–Crippen MR) is 113 cm³/mol. The first-order chi connectivity index (χ1) is 13.9. The number of benzene rings is 2. The third-order valence-electron chi connectivity index (χ3n) is 5.26. The molecule has 1 heterocycles. The molecule has 0 spiro atoms. The summed E-state index contributed by atoms with van der Waals surface area (Å²) in [6, 6.07) is 13.3. The smallest absolute Gasteiger partial charge is 0.746 e. The van der Waals surface area contributed by atoms with Gasteiger partial charge in [-0.15, -0.1) is 0 Å². The normalized spacial score (nSPS) is 22.3. The van der Waals surface area contributed by atoms with Gasteiger partial charge in [0, 0.05) is 10.5 Å². The van der Waals surface area contributed by atoms with Crippen LogP contribution >= 0.6 is 19.6 Å². The van der Waals surface area contributed by atoms with Gasteiger partial charge in [-0.05, 0) is 48.6 Å². The number of methoxy groups -OCH3 is 1. The molecule has 4 rings (SSSR count). The van der Waals surface area contributed by atoms with Gasteiger partial charge >= 0.3 is 37.4 Å². The van der Waals surface area contributed by atoms with Crippen LogP contribution in [0.2, 0.25) is 0 Å². The predicted octanol–water partition coefficient (Wildman–Crippen LogP) is 2.74. The van der Waals surface area contributed by atoms with Crippen molar-refractivity contribution in [2.24, 2.45) is 5.92 Å². The van der Waals surface area contributed by atoms with Crippen molar-refractivity contribution in [1.82, 2.24) is 0 Å². The van der Waals surface area contributed by atoms with Crippen LogP contribution in [-0.2, 0) is 13.6 Å². The van der Waals surface area contributed by atoms with Crippen molar-refractivity contribution in [3.8, 4) is 5.75 Å². The summed E-state index contributed by atoms with van der Waals surface area (Å²) in [6.07, 6.45) is 4.99. The van der Waals surface area contributed by atoms with Gasteiger partial charge in [0.2, 0.25) is 0 Å². The molecule has 1 aliphatic carbocycles. The maximum absolute atomic E-state index is 12.8. The number of ether oxygens (including phenoxy) is 1. The fourth-order valence-corrected chi connectivity index (χ4v) is 6.01. The Bertz CT molecular complexity index is 980. The van der Waals surface area contributed by atoms with Crippen LogP contribution in [0.5, 0.6) is 5.75 Å². The van der Waals surface area contributed by atoms with Gasteiger partial charge in [0.05, 0.1) is 18.1 Å². The fraction of sp³-hybridized carbons (Fsp3) is 0.364. The number of phosphoric ester groups is 1. The van der Waals surface area contributed by atoms with E-state index >= 15 is 0 Å². The molecule has 30 heavy (non-hydrogen) atoms. The van der Waals surface area contributed by atoms with Crippen LogP contribution < -0.4 is 39.2 Å². The summed E-state index contributed by atoms with van der Waals surface area (Å²) in [7, 11) is -2.93. The maximum Gasteiger partial charge on any atom is 1.00 e. The third-order valence-corrected chi connectivity index (χ3v) is 7.45. The Kier molecular flexibility index (Phi) is 8.19. The van der Waals surface area contributed by atoms with Crippen LogP contribution in [0.25, 0.3) is 11.8 Å². The standard InChI is InChI=1S/C22H25O5PS.Na/c1-15-7-5-9-17(13-15)26-28(23,24)27-20-14-16-8-3-4-12-21(16)29-22-18(20)10-6-11-19(22)25-2;/h3-4,6,8,10-12,14-15,17H,5,7,9,13H2,1-2H3,(H,23,24);/q;+1/p-1. The first kappa shape index (κ1) is 23.9. The molecular formula is C22H24NaO5PS. The summed E-state index contributed by atoms with van der Waals surface area (Å²) in [5.41, 5.74) is 1.55. The molecule has 0 bridgehead atoms. The second kappa shape index (κ2) is 10.3. The van der Waals surface area contributed by atoms with E-state index in [0.717, 1.165) is 41.0 Å². The summed E-state index contributed by atoms with van der Waals surface area (Å²) in [6.45, 7) is 2.12. The van der Waals surface area contributed by atoms with E-state index < -0.39 is 7.82 Å². The van der Waals surface area contributed by atoms with Gasteiger partial charge in [-0.1, -0.05) is 55.8 Å². The quantitative estimate of drug-likeness (QED) is 0.511. The van der Waals surface area contributed by atoms with Crippen LogP contribution in [0.1, 0.15) is 43.7 Å². The van der Waals surface area contributed by atoms with Crippen molar-refractivity contribution in [1.29, 1.82) is 0 Å². The average molecular weight is 454 g/mol. The van der Waals surface area contributed by atoms with E-state index in [1.165, 1.54) is 11.8 Å². The molecule has 5 nitrogen and oxygen atoms in total. The zero-order valence-electron chi connectivity index (χ0n) is 17.5. The summed E-state index contributed by atoms with van der Waals surface area (Å²) in [5.74, 6) is 1.37. The van der Waals surface area contributed by atoms with E-state index in [0.29, 0.717) is 17.2 Å². The molecular weight excluding hydrogens is 430 g/mol. The molecule has 154 valence electrons. The first-order valence-corrected chi connectivity index (χ1v) is 12.1. The average Bonchev–Trinajstić information content (AvgIpc) is 2.83. The molecule has 2 aliphatic rings. The second-order valence-electron chi connectivity index (χ2n) is 7.52. The largest absolute Gasteiger partial charge is 1.00 e. The SMILES string of the molecule is COc1cccc2c1Sc1ccccc1C=C2OP(=O)([O-])OC1CCCC(C)C1.[Na+]. The van der Waals surface area contributed by atoms with E-state index in [1.807, 2.05) is 42.5 Å². The number of phosphoric acid groups is 1. The van der Waals surface area contributed by atoms with E-state index in [2.05, 4.69) is 6.92 Å². The van der Waals surface area contributed by atoms with Crippen LogP contribution in [0, 0.1) is 5.92 Å². The fourth-order valence-electron chi connectivity index (χ4n) is 3.87. The minimum absolute atomic E-state index is 0. The van der Waals surface area contributed by atoms with E-state index in [9.17, 15) is 9.46 Å². The third kappa shape index (κ3) is 5.55. The molecule has 2 aromatic rings. The Morgan fingerprint density at radius 2 is 1.93 bits per heavy atom. The maximum atomic E-state index is 12.8. The van der Waals surface area contributed by atoms with Crippen molar-refractivity contribution in [2.45, 2.75) is 48.5 Å². The number of fused-ring (bicyclic) bond motifs is 2. The van der Waals surface area contributed by atoms with Gasteiger partial charge in [-0.25, -0.2) is 0 Å². The molecule has 3 unspecified atom stereocenters. The molecule has 8 heteroatoms. The van der Waals surface area contributed by atoms with E-state index in [-0.39, 0.29) is 41.4 Å². The van der Waals surface area contributed by atoms with Crippen molar-refractivity contribution < 1.29 is 52.8 Å². The molecule has 2 aromatic carbocycles. The number of hydrogen-bond donors (Lipinski definition) is 0. The zero-order valence-corrected chi connectivity index (χ0v) is 21.2. The summed E-state index contributed by atoms with van der Waals surface area (Å²) >= 11 is 1.53. The molecule has 0 aromatic heterocycles. The van der Waals surface area contributed by atoms with Gasteiger partial charge in [-0.2, -0.15) is 0 Å². The van der Waals surface area contributed by atoms with E-state index in [4.69, 9.17) is 13.8 Å². The van der Waals surface area contributed by atoms with Crippen LogP contribution in [0.3, 0.4) is 0 Å². The van der Waals surface area contributed by atoms with Crippen molar-refractivity contribution in [3.63, 3.8) is 0 Å². The molecule has 1 aliphatic heterocycles. The first-order valence-electron chi connectivity index (χ1n) is 9.80. The topological polar surface area (TPSA) is 67.8 Å². The Morgan fingerprint density at radius 1 is 1.13 bits per heavy atom. The Balaban J connectivity index is 0.00000256. The molecule has 1 saturated carbocycles. The molecule has 1 fully saturated rings. The Morgan fingerprint density at radius 3 is 2.70 bits per heavy atom. The van der Waals surface area contributed by atoms with Crippen molar-refractivity contribution in [2.75, 3.05) is 7.11 Å². The van der Waals surface area contributed by atoms with Gasteiger partial charge < -0.3 is 18.7 Å². The number of rotatable bonds is 5. The minimum atomic E-state index is -4.53. The van der Waals surface area contributed by atoms with Gasteiger partial charge in [-0.3, -0.25) is 4.57 Å². The molecule has 0 N–H and O–H groups in total.